The summed E-state index contributed by atoms with van der Waals surface area (Å²) in [6, 6.07) is 8.75. The number of carbonyl (C=O) groups is 3. The minimum Gasteiger partial charge on any atom is -0.376 e. The molecule has 1 aromatic rings. The highest BCUT2D eigenvalue weighted by molar-refractivity contribution is 6.07. The monoisotopic (exact) mass is 412 g/mol. The van der Waals surface area contributed by atoms with Crippen molar-refractivity contribution in [2.24, 2.45) is 16.7 Å². The summed E-state index contributed by atoms with van der Waals surface area (Å²) >= 11 is 0. The van der Waals surface area contributed by atoms with Crippen molar-refractivity contribution in [1.82, 2.24) is 10.2 Å². The highest BCUT2D eigenvalue weighted by Gasteiger charge is 2.65. The molecule has 3 amide bonds. The van der Waals surface area contributed by atoms with Gasteiger partial charge in [-0.1, -0.05) is 51.1 Å². The average Bonchev–Trinajstić information content (AvgIpc) is 3.30. The Hall–Kier alpha value is -2.21. The highest BCUT2D eigenvalue weighted by atomic mass is 16.5. The normalized spacial score (nSPS) is 31.1. The Bertz CT molecular complexity index is 831. The molecular weight excluding hydrogens is 380 g/mol. The minimum atomic E-state index is -0.843. The number of amides is 3. The second-order valence-corrected chi connectivity index (χ2v) is 9.74. The van der Waals surface area contributed by atoms with Crippen molar-refractivity contribution in [2.45, 2.75) is 65.0 Å². The number of ether oxygens (including phenoxy) is 1. The van der Waals surface area contributed by atoms with Crippen LogP contribution in [0, 0.1) is 16.7 Å². The second-order valence-electron chi connectivity index (χ2n) is 9.74. The van der Waals surface area contributed by atoms with Crippen LogP contribution in [0.1, 0.15) is 52.0 Å². The van der Waals surface area contributed by atoms with Gasteiger partial charge < -0.3 is 10.1 Å². The summed E-state index contributed by atoms with van der Waals surface area (Å²) in [5.41, 5.74) is -0.101. The van der Waals surface area contributed by atoms with Gasteiger partial charge in [0.2, 0.25) is 17.7 Å². The quantitative estimate of drug-likeness (QED) is 0.729. The number of hydrogen-bond donors (Lipinski definition) is 1. The molecule has 2 saturated heterocycles. The third-order valence-electron chi connectivity index (χ3n) is 7.87. The minimum absolute atomic E-state index is 0.00622. The van der Waals surface area contributed by atoms with Crippen molar-refractivity contribution in [1.29, 1.82) is 0 Å². The molecule has 4 atom stereocenters. The number of fused-ring (bicyclic) bond motifs is 2. The third-order valence-corrected chi connectivity index (χ3v) is 7.87. The molecule has 2 aliphatic heterocycles. The van der Waals surface area contributed by atoms with Gasteiger partial charge >= 0.3 is 0 Å². The zero-order valence-electron chi connectivity index (χ0n) is 18.1. The van der Waals surface area contributed by atoms with E-state index in [-0.39, 0.29) is 29.7 Å². The van der Waals surface area contributed by atoms with E-state index >= 15 is 0 Å². The van der Waals surface area contributed by atoms with E-state index in [1.54, 1.807) is 0 Å². The summed E-state index contributed by atoms with van der Waals surface area (Å²) in [5, 5.41) is 2.96. The van der Waals surface area contributed by atoms with Gasteiger partial charge in [-0.25, -0.2) is 0 Å². The molecule has 30 heavy (non-hydrogen) atoms. The number of rotatable bonds is 6. The van der Waals surface area contributed by atoms with Crippen molar-refractivity contribution in [3.63, 3.8) is 0 Å². The fourth-order valence-corrected chi connectivity index (χ4v) is 5.42. The lowest BCUT2D eigenvalue weighted by Gasteiger charge is -2.49. The van der Waals surface area contributed by atoms with Gasteiger partial charge in [-0.05, 0) is 36.7 Å². The zero-order chi connectivity index (χ0) is 21.5. The SMILES string of the molecule is CC12CCC(C(=O)N(C(Cc3ccccc3)C(=O)NCC3CCCO3)C1=O)C2(C)C. The van der Waals surface area contributed by atoms with Gasteiger partial charge in [0.15, 0.2) is 0 Å². The van der Waals surface area contributed by atoms with E-state index < -0.39 is 16.9 Å². The van der Waals surface area contributed by atoms with Gasteiger partial charge in [0, 0.05) is 25.5 Å². The summed E-state index contributed by atoms with van der Waals surface area (Å²) in [6.07, 6.45) is 3.61. The van der Waals surface area contributed by atoms with E-state index in [4.69, 9.17) is 4.74 Å². The maximum atomic E-state index is 13.6. The molecule has 1 aromatic carbocycles. The molecular formula is C24H32N2O4. The van der Waals surface area contributed by atoms with Crippen LogP contribution in [0.3, 0.4) is 0 Å². The Kier molecular flexibility index (Phi) is 5.47. The highest BCUT2D eigenvalue weighted by Crippen LogP contribution is 2.60. The molecule has 162 valence electrons. The summed E-state index contributed by atoms with van der Waals surface area (Å²) in [6.45, 7) is 7.11. The Morgan fingerprint density at radius 2 is 1.93 bits per heavy atom. The molecule has 3 aliphatic rings. The molecule has 0 spiro atoms. The Labute approximate surface area is 178 Å². The number of piperidine rings is 1. The predicted molar refractivity (Wildman–Crippen MR) is 112 cm³/mol. The number of imide groups is 1. The number of carbonyl (C=O) groups excluding carboxylic acids is 3. The largest absolute Gasteiger partial charge is 0.376 e. The van der Waals surface area contributed by atoms with Crippen LogP contribution < -0.4 is 5.32 Å². The van der Waals surface area contributed by atoms with Crippen molar-refractivity contribution in [3.8, 4) is 0 Å². The molecule has 0 radical (unpaired) electrons. The van der Waals surface area contributed by atoms with Crippen LogP contribution in [-0.4, -0.2) is 47.9 Å². The first kappa shape index (κ1) is 21.0. The van der Waals surface area contributed by atoms with Gasteiger partial charge in [0.1, 0.15) is 6.04 Å². The zero-order valence-corrected chi connectivity index (χ0v) is 18.1. The summed E-state index contributed by atoms with van der Waals surface area (Å²) in [7, 11) is 0. The van der Waals surface area contributed by atoms with Crippen molar-refractivity contribution >= 4 is 17.7 Å². The molecule has 4 rings (SSSR count). The average molecular weight is 413 g/mol. The van der Waals surface area contributed by atoms with E-state index in [1.165, 1.54) is 4.90 Å². The van der Waals surface area contributed by atoms with Gasteiger partial charge in [-0.2, -0.15) is 0 Å². The Balaban J connectivity index is 1.62. The fraction of sp³-hybridized carbons (Fsp3) is 0.625. The van der Waals surface area contributed by atoms with Crippen molar-refractivity contribution < 1.29 is 19.1 Å². The van der Waals surface area contributed by atoms with E-state index in [2.05, 4.69) is 5.32 Å². The topological polar surface area (TPSA) is 75.7 Å². The molecule has 2 heterocycles. The van der Waals surface area contributed by atoms with Crippen LogP contribution in [0.5, 0.6) is 0 Å². The molecule has 3 fully saturated rings. The van der Waals surface area contributed by atoms with E-state index in [9.17, 15) is 14.4 Å². The number of hydrogen-bond acceptors (Lipinski definition) is 4. The van der Waals surface area contributed by atoms with Crippen LogP contribution in [0.25, 0.3) is 0 Å². The van der Waals surface area contributed by atoms with E-state index in [0.717, 1.165) is 18.4 Å². The van der Waals surface area contributed by atoms with Crippen LogP contribution in [0.4, 0.5) is 0 Å². The third kappa shape index (κ3) is 3.35. The maximum Gasteiger partial charge on any atom is 0.243 e. The van der Waals surface area contributed by atoms with Gasteiger partial charge in [0.05, 0.1) is 11.5 Å². The number of nitrogens with one attached hydrogen (secondary N) is 1. The molecule has 6 heteroatoms. The standard InChI is InChI=1S/C24H32N2O4/c1-23(2)18-11-12-24(23,3)22(29)26(21(18)28)19(14-16-8-5-4-6-9-16)20(27)25-15-17-10-7-13-30-17/h4-6,8-9,17-19H,7,10-15H2,1-3H3,(H,25,27). The van der Waals surface area contributed by atoms with Gasteiger partial charge in [0.25, 0.3) is 0 Å². The maximum absolute atomic E-state index is 13.6. The first-order valence-corrected chi connectivity index (χ1v) is 11.1. The molecule has 6 nitrogen and oxygen atoms in total. The van der Waals surface area contributed by atoms with Crippen molar-refractivity contribution in [3.05, 3.63) is 35.9 Å². The number of likely N-dealkylation sites (tertiary alicyclic amines) is 1. The summed E-state index contributed by atoms with van der Waals surface area (Å²) in [5.74, 6) is -0.921. The smallest absolute Gasteiger partial charge is 0.243 e. The molecule has 0 aromatic heterocycles. The van der Waals surface area contributed by atoms with Crippen LogP contribution in [0.15, 0.2) is 30.3 Å². The molecule has 4 unspecified atom stereocenters. The summed E-state index contributed by atoms with van der Waals surface area (Å²) in [4.78, 5) is 41.7. The van der Waals surface area contributed by atoms with E-state index in [1.807, 2.05) is 51.1 Å². The summed E-state index contributed by atoms with van der Waals surface area (Å²) < 4.78 is 5.61. The molecule has 1 saturated carbocycles. The molecule has 2 bridgehead atoms. The Morgan fingerprint density at radius 3 is 2.60 bits per heavy atom. The first-order chi connectivity index (χ1) is 14.3. The van der Waals surface area contributed by atoms with E-state index in [0.29, 0.717) is 32.4 Å². The van der Waals surface area contributed by atoms with Crippen LogP contribution in [0.2, 0.25) is 0 Å². The van der Waals surface area contributed by atoms with Gasteiger partial charge in [-0.3, -0.25) is 19.3 Å². The van der Waals surface area contributed by atoms with Gasteiger partial charge in [-0.15, -0.1) is 0 Å². The first-order valence-electron chi connectivity index (χ1n) is 11.1. The number of nitrogens with zero attached hydrogens (tertiary/aromatic N) is 1. The van der Waals surface area contributed by atoms with Crippen molar-refractivity contribution in [2.75, 3.05) is 13.2 Å². The fourth-order valence-electron chi connectivity index (χ4n) is 5.42. The number of benzene rings is 1. The lowest BCUT2D eigenvalue weighted by Crippen LogP contribution is -2.64. The Morgan fingerprint density at radius 1 is 1.20 bits per heavy atom. The molecule has 1 N–H and O–H groups in total. The second kappa shape index (κ2) is 7.80. The predicted octanol–water partition coefficient (Wildman–Crippen LogP) is 2.70. The van der Waals surface area contributed by atoms with Crippen LogP contribution >= 0.6 is 0 Å². The lowest BCUT2D eigenvalue weighted by molar-refractivity contribution is -0.173. The van der Waals surface area contributed by atoms with Crippen LogP contribution in [-0.2, 0) is 25.5 Å². The lowest BCUT2D eigenvalue weighted by atomic mass is 9.62. The molecule has 1 aliphatic carbocycles.